The minimum Gasteiger partial charge on any atom is -0.356 e. The minimum atomic E-state index is -3.76. The number of rotatable bonds is 5. The van der Waals surface area contributed by atoms with Crippen molar-refractivity contribution in [1.29, 1.82) is 0 Å². The molecule has 9 nitrogen and oxygen atoms in total. The van der Waals surface area contributed by atoms with Gasteiger partial charge in [0.25, 0.3) is 10.0 Å². The minimum absolute atomic E-state index is 0.119. The maximum absolute atomic E-state index is 13.2. The van der Waals surface area contributed by atoms with Crippen LogP contribution in [0.5, 0.6) is 0 Å². The number of nitrogens with zero attached hydrogens (tertiary/aromatic N) is 7. The Morgan fingerprint density at radius 2 is 1.78 bits per heavy atom. The maximum Gasteiger partial charge on any atom is 0.269 e. The number of aromatic nitrogens is 3. The molecule has 0 radical (unpaired) electrons. The van der Waals surface area contributed by atoms with Crippen molar-refractivity contribution in [2.75, 3.05) is 11.9 Å². The number of azide groups is 1. The molecule has 2 aliphatic carbocycles. The van der Waals surface area contributed by atoms with Gasteiger partial charge in [-0.05, 0) is 68.2 Å². The van der Waals surface area contributed by atoms with Crippen molar-refractivity contribution in [3.05, 3.63) is 58.9 Å². The number of benzene rings is 1. The van der Waals surface area contributed by atoms with E-state index in [1.807, 2.05) is 14.0 Å². The van der Waals surface area contributed by atoms with Gasteiger partial charge in [-0.15, -0.1) is 0 Å². The van der Waals surface area contributed by atoms with E-state index in [-0.39, 0.29) is 10.9 Å². The van der Waals surface area contributed by atoms with Crippen LogP contribution in [0, 0.1) is 18.8 Å². The average Bonchev–Trinajstić information content (AvgIpc) is 3.46. The highest BCUT2D eigenvalue weighted by atomic mass is 32.2. The summed E-state index contributed by atoms with van der Waals surface area (Å²) >= 11 is 0. The molecule has 2 fully saturated rings. The zero-order chi connectivity index (χ0) is 22.5. The molecule has 0 bridgehead atoms. The molecule has 0 saturated heterocycles. The second-order valence-electron chi connectivity index (χ2n) is 8.95. The first-order valence-electron chi connectivity index (χ1n) is 10.8. The number of hydrogen-bond acceptors (Lipinski definition) is 6. The Balaban J connectivity index is 1.44. The number of fused-ring (bicyclic) bond motifs is 2. The molecule has 0 N–H and O–H groups in total. The van der Waals surface area contributed by atoms with Crippen molar-refractivity contribution in [2.24, 2.45) is 17.0 Å². The van der Waals surface area contributed by atoms with E-state index in [1.165, 1.54) is 10.3 Å². The molecule has 0 aliphatic heterocycles. The van der Waals surface area contributed by atoms with Crippen molar-refractivity contribution >= 4 is 26.9 Å². The van der Waals surface area contributed by atoms with Gasteiger partial charge in [-0.25, -0.2) is 22.4 Å². The second kappa shape index (κ2) is 7.79. The van der Waals surface area contributed by atoms with Crippen LogP contribution in [-0.4, -0.2) is 41.5 Å². The normalized spacial score (nSPS) is 24.9. The van der Waals surface area contributed by atoms with Crippen LogP contribution in [0.1, 0.15) is 31.2 Å². The molecule has 2 aliphatic rings. The second-order valence-corrected chi connectivity index (χ2v) is 10.8. The molecular weight excluding hydrogens is 426 g/mol. The summed E-state index contributed by atoms with van der Waals surface area (Å²) in [7, 11) is -1.74. The predicted octanol–water partition coefficient (Wildman–Crippen LogP) is 4.28. The summed E-state index contributed by atoms with van der Waals surface area (Å²) in [4.78, 5) is 14.2. The van der Waals surface area contributed by atoms with Crippen LogP contribution in [0.2, 0.25) is 0 Å². The Kier molecular flexibility index (Phi) is 5.06. The monoisotopic (exact) mass is 451 g/mol. The first kappa shape index (κ1) is 20.8. The lowest BCUT2D eigenvalue weighted by molar-refractivity contribution is 0.457. The molecule has 10 heteroatoms. The third kappa shape index (κ3) is 3.40. The van der Waals surface area contributed by atoms with Gasteiger partial charge < -0.3 is 4.90 Å². The van der Waals surface area contributed by atoms with Crippen LogP contribution in [0.4, 0.5) is 5.82 Å². The van der Waals surface area contributed by atoms with Gasteiger partial charge in [0, 0.05) is 30.2 Å². The molecule has 32 heavy (non-hydrogen) atoms. The zero-order valence-corrected chi connectivity index (χ0v) is 18.9. The fourth-order valence-electron chi connectivity index (χ4n) is 5.42. The third-order valence-electron chi connectivity index (χ3n) is 7.07. The Bertz CT molecular complexity index is 1300. The van der Waals surface area contributed by atoms with E-state index < -0.39 is 10.0 Å². The number of hydrogen-bond donors (Lipinski definition) is 0. The molecule has 4 atom stereocenters. The Labute approximate surface area is 186 Å². The van der Waals surface area contributed by atoms with Gasteiger partial charge in [-0.2, -0.15) is 0 Å². The summed E-state index contributed by atoms with van der Waals surface area (Å²) in [6.45, 7) is 1.92. The standard InChI is InChI=1S/C22H25N7O2S/c1-14-3-5-19(6-4-14)32(30,31)29-8-7-20-21(24-13-25-22(20)29)28(2)18-11-15-9-17(26-27-23)10-16(15)12-18/h3-8,13,15-18H,9-12H2,1-2H3/t15-,16?,17?,18?/m1/s1. The molecule has 2 aromatic heterocycles. The summed E-state index contributed by atoms with van der Waals surface area (Å²) in [6.07, 6.45) is 6.92. The average molecular weight is 452 g/mol. The van der Waals surface area contributed by atoms with Gasteiger partial charge in [0.05, 0.1) is 10.3 Å². The highest BCUT2D eigenvalue weighted by molar-refractivity contribution is 7.90. The summed E-state index contributed by atoms with van der Waals surface area (Å²) in [5.41, 5.74) is 10.1. The lowest BCUT2D eigenvalue weighted by Gasteiger charge is -2.27. The van der Waals surface area contributed by atoms with Crippen molar-refractivity contribution in [2.45, 2.75) is 49.6 Å². The van der Waals surface area contributed by atoms with Crippen LogP contribution in [0.15, 0.2) is 52.9 Å². The smallest absolute Gasteiger partial charge is 0.269 e. The topological polar surface area (TPSA) is 117 Å². The van der Waals surface area contributed by atoms with Crippen LogP contribution in [-0.2, 0) is 10.0 Å². The fraction of sp³-hybridized carbons (Fsp3) is 0.455. The maximum atomic E-state index is 13.2. The molecule has 2 saturated carbocycles. The first-order valence-corrected chi connectivity index (χ1v) is 12.2. The molecule has 0 spiro atoms. The van der Waals surface area contributed by atoms with Gasteiger partial charge >= 0.3 is 0 Å². The Hall–Kier alpha value is -3.10. The van der Waals surface area contributed by atoms with E-state index in [0.29, 0.717) is 23.5 Å². The summed E-state index contributed by atoms with van der Waals surface area (Å²) in [6, 6.07) is 9.02. The van der Waals surface area contributed by atoms with Crippen molar-refractivity contribution in [3.63, 3.8) is 0 Å². The molecule has 3 unspecified atom stereocenters. The highest BCUT2D eigenvalue weighted by Crippen LogP contribution is 2.47. The molecule has 0 amide bonds. The van der Waals surface area contributed by atoms with Crippen molar-refractivity contribution in [3.8, 4) is 0 Å². The van der Waals surface area contributed by atoms with E-state index >= 15 is 0 Å². The molecular formula is C22H25N7O2S. The van der Waals surface area contributed by atoms with Gasteiger partial charge in [-0.1, -0.05) is 22.8 Å². The Morgan fingerprint density at radius 1 is 1.09 bits per heavy atom. The summed E-state index contributed by atoms with van der Waals surface area (Å²) in [5.74, 6) is 1.85. The van der Waals surface area contributed by atoms with Crippen LogP contribution < -0.4 is 4.90 Å². The molecule has 5 rings (SSSR count). The molecule has 3 aromatic rings. The third-order valence-corrected chi connectivity index (χ3v) is 8.75. The predicted molar refractivity (Wildman–Crippen MR) is 122 cm³/mol. The van der Waals surface area contributed by atoms with Crippen molar-refractivity contribution < 1.29 is 8.42 Å². The lowest BCUT2D eigenvalue weighted by Crippen LogP contribution is -2.31. The van der Waals surface area contributed by atoms with Crippen LogP contribution >= 0.6 is 0 Å². The number of anilines is 1. The van der Waals surface area contributed by atoms with E-state index in [0.717, 1.165) is 42.5 Å². The van der Waals surface area contributed by atoms with E-state index in [2.05, 4.69) is 24.9 Å². The lowest BCUT2D eigenvalue weighted by atomic mass is 10.0. The van der Waals surface area contributed by atoms with E-state index in [1.54, 1.807) is 36.5 Å². The SMILES string of the molecule is Cc1ccc(S(=O)(=O)n2ccc3c(N(C)C4CC5CC(N=[N+]=[N-])C[C@@H]5C4)ncnc32)cc1. The zero-order valence-electron chi connectivity index (χ0n) is 18.0. The van der Waals surface area contributed by atoms with Gasteiger partial charge in [0.15, 0.2) is 5.65 Å². The summed E-state index contributed by atoms with van der Waals surface area (Å²) < 4.78 is 27.7. The summed E-state index contributed by atoms with van der Waals surface area (Å²) in [5, 5.41) is 4.63. The molecule has 1 aromatic carbocycles. The van der Waals surface area contributed by atoms with Gasteiger partial charge in [-0.3, -0.25) is 0 Å². The number of aryl methyl sites for hydroxylation is 1. The van der Waals surface area contributed by atoms with E-state index in [4.69, 9.17) is 5.53 Å². The van der Waals surface area contributed by atoms with E-state index in [9.17, 15) is 8.42 Å². The van der Waals surface area contributed by atoms with Crippen molar-refractivity contribution in [1.82, 2.24) is 13.9 Å². The highest BCUT2D eigenvalue weighted by Gasteiger charge is 2.43. The quantitative estimate of drug-likeness (QED) is 0.326. The fourth-order valence-corrected chi connectivity index (χ4v) is 6.72. The molecule has 2 heterocycles. The molecule has 166 valence electrons. The first-order chi connectivity index (χ1) is 15.4. The Morgan fingerprint density at radius 3 is 2.44 bits per heavy atom. The largest absolute Gasteiger partial charge is 0.356 e. The van der Waals surface area contributed by atoms with Gasteiger partial charge in [0.2, 0.25) is 0 Å². The van der Waals surface area contributed by atoms with Crippen LogP contribution in [0.25, 0.3) is 21.5 Å². The van der Waals surface area contributed by atoms with Crippen LogP contribution in [0.3, 0.4) is 0 Å². The van der Waals surface area contributed by atoms with Gasteiger partial charge in [0.1, 0.15) is 12.1 Å².